The van der Waals surface area contributed by atoms with Crippen LogP contribution in [0.5, 0.6) is 0 Å². The number of hydrogen-bond acceptors (Lipinski definition) is 1. The van der Waals surface area contributed by atoms with E-state index in [1.807, 2.05) is 0 Å². The van der Waals surface area contributed by atoms with Gasteiger partial charge in [0.2, 0.25) is 0 Å². The van der Waals surface area contributed by atoms with Gasteiger partial charge in [0, 0.05) is 6.61 Å². The zero-order chi connectivity index (χ0) is 15.7. The van der Waals surface area contributed by atoms with Crippen molar-refractivity contribution in [2.75, 3.05) is 6.61 Å². The Labute approximate surface area is 102 Å². The van der Waals surface area contributed by atoms with Crippen molar-refractivity contribution in [2.45, 2.75) is 50.3 Å². The second kappa shape index (κ2) is 5.37. The molecule has 0 aliphatic carbocycles. The van der Waals surface area contributed by atoms with Crippen molar-refractivity contribution < 1.29 is 44.3 Å². The molecule has 0 heterocycles. The molecule has 0 saturated heterocycles. The molecule has 0 aromatic rings. The largest absolute Gasteiger partial charge is 0.460 e. The summed E-state index contributed by atoms with van der Waals surface area (Å²) in [5, 5.41) is 0. The van der Waals surface area contributed by atoms with E-state index in [4.69, 9.17) is 0 Å². The van der Waals surface area contributed by atoms with Crippen LogP contribution < -0.4 is 0 Å². The van der Waals surface area contributed by atoms with Crippen LogP contribution >= 0.6 is 0 Å². The minimum Gasteiger partial charge on any atom is -0.372 e. The third kappa shape index (κ3) is 3.09. The van der Waals surface area contributed by atoms with Crippen LogP contribution in [0.15, 0.2) is 0 Å². The summed E-state index contributed by atoms with van der Waals surface area (Å²) in [6.45, 7) is 1.23. The Hall–Kier alpha value is -0.670. The van der Waals surface area contributed by atoms with E-state index in [0.717, 1.165) is 0 Å². The Morgan fingerprint density at radius 1 is 0.842 bits per heavy atom. The molecule has 0 rings (SSSR count). The topological polar surface area (TPSA) is 9.23 Å². The van der Waals surface area contributed by atoms with Crippen LogP contribution in [0.1, 0.15) is 20.3 Å². The summed E-state index contributed by atoms with van der Waals surface area (Å²) in [6, 6.07) is 0. The van der Waals surface area contributed by atoms with Crippen LogP contribution in [0.25, 0.3) is 0 Å². The molecule has 0 amide bonds. The molecule has 1 atom stereocenters. The van der Waals surface area contributed by atoms with Gasteiger partial charge in [0.1, 0.15) is 6.10 Å². The van der Waals surface area contributed by atoms with Crippen molar-refractivity contribution in [3.05, 3.63) is 0 Å². The fourth-order valence-corrected chi connectivity index (χ4v) is 1.04. The predicted octanol–water partition coefficient (Wildman–Crippen LogP) is 4.27. The molecule has 116 valence electrons. The van der Waals surface area contributed by atoms with Gasteiger partial charge in [-0.2, -0.15) is 39.5 Å². The third-order valence-corrected chi connectivity index (χ3v) is 2.25. The molecular formula is C9H11F9O. The van der Waals surface area contributed by atoms with Gasteiger partial charge in [-0.05, 0) is 13.3 Å². The molecule has 0 aromatic heterocycles. The summed E-state index contributed by atoms with van der Waals surface area (Å²) >= 11 is 0. The first-order chi connectivity index (χ1) is 8.23. The SMILES string of the molecule is CCCOC(C)C(F)(F)C(F)(F)C(F)(F)C(F)(F)F. The van der Waals surface area contributed by atoms with E-state index in [0.29, 0.717) is 6.92 Å². The lowest BCUT2D eigenvalue weighted by Crippen LogP contribution is -2.64. The van der Waals surface area contributed by atoms with Crippen molar-refractivity contribution in [3.8, 4) is 0 Å². The van der Waals surface area contributed by atoms with Crippen LogP contribution in [-0.4, -0.2) is 36.7 Å². The molecule has 1 nitrogen and oxygen atoms in total. The fraction of sp³-hybridized carbons (Fsp3) is 1.00. The molecule has 10 heteroatoms. The van der Waals surface area contributed by atoms with Crippen LogP contribution in [0.4, 0.5) is 39.5 Å². The number of hydrogen-bond donors (Lipinski definition) is 0. The predicted molar refractivity (Wildman–Crippen MR) is 46.6 cm³/mol. The van der Waals surface area contributed by atoms with Crippen LogP contribution in [0, 0.1) is 0 Å². The first-order valence-corrected chi connectivity index (χ1v) is 5.05. The number of halogens is 9. The van der Waals surface area contributed by atoms with Crippen molar-refractivity contribution in [3.63, 3.8) is 0 Å². The summed E-state index contributed by atoms with van der Waals surface area (Å²) in [5.41, 5.74) is 0. The van der Waals surface area contributed by atoms with E-state index < -0.39 is 36.7 Å². The highest BCUT2D eigenvalue weighted by atomic mass is 19.4. The van der Waals surface area contributed by atoms with Crippen molar-refractivity contribution in [2.24, 2.45) is 0 Å². The normalized spacial score (nSPS) is 16.6. The van der Waals surface area contributed by atoms with Gasteiger partial charge in [0.05, 0.1) is 0 Å². The number of ether oxygens (including phenoxy) is 1. The number of alkyl halides is 9. The average Bonchev–Trinajstić information content (AvgIpc) is 2.23. The Morgan fingerprint density at radius 2 is 1.26 bits per heavy atom. The zero-order valence-electron chi connectivity index (χ0n) is 9.80. The zero-order valence-corrected chi connectivity index (χ0v) is 9.80. The number of rotatable bonds is 6. The van der Waals surface area contributed by atoms with Gasteiger partial charge in [0.25, 0.3) is 0 Å². The average molecular weight is 306 g/mol. The first kappa shape index (κ1) is 18.3. The fourth-order valence-electron chi connectivity index (χ4n) is 1.04. The lowest BCUT2D eigenvalue weighted by atomic mass is 10.00. The van der Waals surface area contributed by atoms with E-state index in [1.165, 1.54) is 6.92 Å². The minimum absolute atomic E-state index is 0.0989. The Morgan fingerprint density at radius 3 is 1.58 bits per heavy atom. The molecule has 0 fully saturated rings. The van der Waals surface area contributed by atoms with Gasteiger partial charge in [-0.15, -0.1) is 0 Å². The van der Waals surface area contributed by atoms with E-state index in [1.54, 1.807) is 0 Å². The van der Waals surface area contributed by atoms with Crippen LogP contribution in [0.2, 0.25) is 0 Å². The van der Waals surface area contributed by atoms with Crippen LogP contribution in [0.3, 0.4) is 0 Å². The maximum Gasteiger partial charge on any atom is 0.460 e. The van der Waals surface area contributed by atoms with E-state index in [9.17, 15) is 39.5 Å². The summed E-state index contributed by atoms with van der Waals surface area (Å²) in [6.07, 6.45) is -9.50. The second-order valence-electron chi connectivity index (χ2n) is 3.78. The summed E-state index contributed by atoms with van der Waals surface area (Å²) < 4.78 is 116. The van der Waals surface area contributed by atoms with Crippen LogP contribution in [-0.2, 0) is 4.74 Å². The lowest BCUT2D eigenvalue weighted by molar-refractivity contribution is -0.406. The first-order valence-electron chi connectivity index (χ1n) is 5.05. The van der Waals surface area contributed by atoms with Gasteiger partial charge < -0.3 is 4.74 Å². The molecule has 0 N–H and O–H groups in total. The van der Waals surface area contributed by atoms with Crippen molar-refractivity contribution in [1.29, 1.82) is 0 Å². The van der Waals surface area contributed by atoms with Gasteiger partial charge in [-0.3, -0.25) is 0 Å². The molecule has 19 heavy (non-hydrogen) atoms. The van der Waals surface area contributed by atoms with E-state index >= 15 is 0 Å². The molecule has 0 aliphatic heterocycles. The highest BCUT2D eigenvalue weighted by Gasteiger charge is 2.82. The quantitative estimate of drug-likeness (QED) is 0.666. The summed E-state index contributed by atoms with van der Waals surface area (Å²) in [4.78, 5) is 0. The summed E-state index contributed by atoms with van der Waals surface area (Å²) in [7, 11) is 0. The van der Waals surface area contributed by atoms with Crippen molar-refractivity contribution >= 4 is 0 Å². The second-order valence-corrected chi connectivity index (χ2v) is 3.78. The monoisotopic (exact) mass is 306 g/mol. The smallest absolute Gasteiger partial charge is 0.372 e. The van der Waals surface area contributed by atoms with E-state index in [-0.39, 0.29) is 6.42 Å². The van der Waals surface area contributed by atoms with E-state index in [2.05, 4.69) is 4.74 Å². The Bertz CT molecular complexity index is 297. The molecule has 0 aromatic carbocycles. The Kier molecular flexibility index (Phi) is 5.18. The summed E-state index contributed by atoms with van der Waals surface area (Å²) in [5.74, 6) is -19.2. The third-order valence-electron chi connectivity index (χ3n) is 2.25. The van der Waals surface area contributed by atoms with Gasteiger partial charge >= 0.3 is 23.9 Å². The highest BCUT2D eigenvalue weighted by Crippen LogP contribution is 2.54. The Balaban J connectivity index is 5.38. The molecule has 0 saturated carbocycles. The molecule has 0 radical (unpaired) electrons. The highest BCUT2D eigenvalue weighted by molar-refractivity contribution is 5.02. The minimum atomic E-state index is -6.87. The molecular weight excluding hydrogens is 295 g/mol. The standard InChI is InChI=1S/C9H11F9O/c1-3-4-19-5(2)6(10,11)7(12,13)8(14,15)9(16,17)18/h5H,3-4H2,1-2H3. The van der Waals surface area contributed by atoms with Crippen molar-refractivity contribution in [1.82, 2.24) is 0 Å². The van der Waals surface area contributed by atoms with Gasteiger partial charge in [-0.1, -0.05) is 6.92 Å². The molecule has 0 spiro atoms. The maximum atomic E-state index is 13.1. The molecule has 0 bridgehead atoms. The molecule has 1 unspecified atom stereocenters. The lowest BCUT2D eigenvalue weighted by Gasteiger charge is -2.36. The maximum absolute atomic E-state index is 13.1. The van der Waals surface area contributed by atoms with Gasteiger partial charge in [0.15, 0.2) is 0 Å². The molecule has 0 aliphatic rings. The van der Waals surface area contributed by atoms with Gasteiger partial charge in [-0.25, -0.2) is 0 Å².